The number of alkyl halides is 3. The number of likely N-dealkylation sites (tertiary alicyclic amines) is 1. The molecule has 3 fully saturated rings. The maximum absolute atomic E-state index is 13.1. The van der Waals surface area contributed by atoms with E-state index in [0.717, 1.165) is 51.3 Å². The molecule has 2 atom stereocenters. The fourth-order valence-corrected chi connectivity index (χ4v) is 4.71. The third-order valence-electron chi connectivity index (χ3n) is 6.30. The molecule has 0 spiro atoms. The fraction of sp³-hybridized carbons (Fsp3) is 0.667. The van der Waals surface area contributed by atoms with Crippen molar-refractivity contribution in [2.45, 2.75) is 75.5 Å². The van der Waals surface area contributed by atoms with Gasteiger partial charge >= 0.3 is 6.18 Å². The highest BCUT2D eigenvalue weighted by atomic mass is 19.4. The normalized spacial score (nSPS) is 26.9. The van der Waals surface area contributed by atoms with E-state index in [9.17, 15) is 18.0 Å². The van der Waals surface area contributed by atoms with Crippen LogP contribution >= 0.6 is 0 Å². The quantitative estimate of drug-likeness (QED) is 0.820. The Bertz CT molecular complexity index is 693. The molecule has 1 aromatic rings. The first-order valence-electron chi connectivity index (χ1n) is 10.2. The van der Waals surface area contributed by atoms with Crippen LogP contribution in [-0.4, -0.2) is 36.0 Å². The molecule has 0 unspecified atom stereocenters. The minimum absolute atomic E-state index is 0.0915. The molecule has 0 bridgehead atoms. The molecule has 2 aliphatic carbocycles. The molecule has 1 N–H and O–H groups in total. The van der Waals surface area contributed by atoms with E-state index >= 15 is 0 Å². The first-order chi connectivity index (χ1) is 12.9. The number of hydrogen-bond acceptors (Lipinski definition) is 2. The lowest BCUT2D eigenvalue weighted by Crippen LogP contribution is -2.52. The van der Waals surface area contributed by atoms with Gasteiger partial charge in [-0.2, -0.15) is 13.2 Å². The van der Waals surface area contributed by atoms with E-state index in [0.29, 0.717) is 17.2 Å². The molecule has 4 rings (SSSR count). The highest BCUT2D eigenvalue weighted by Gasteiger charge is 2.36. The van der Waals surface area contributed by atoms with E-state index in [1.807, 2.05) is 0 Å². The zero-order valence-corrected chi connectivity index (χ0v) is 15.5. The molecule has 1 heterocycles. The summed E-state index contributed by atoms with van der Waals surface area (Å²) in [5, 5.41) is 3.18. The number of benzene rings is 1. The molecular formula is C21H27F3N2O. The summed E-state index contributed by atoms with van der Waals surface area (Å²) in [6.45, 7) is 2.18. The maximum Gasteiger partial charge on any atom is 0.416 e. The van der Waals surface area contributed by atoms with Gasteiger partial charge in [0, 0.05) is 17.6 Å². The van der Waals surface area contributed by atoms with Crippen LogP contribution in [0.5, 0.6) is 0 Å². The van der Waals surface area contributed by atoms with E-state index in [1.165, 1.54) is 31.4 Å². The summed E-state index contributed by atoms with van der Waals surface area (Å²) in [5.41, 5.74) is 0.334. The number of carbonyl (C=O) groups is 1. The summed E-state index contributed by atoms with van der Waals surface area (Å²) in [7, 11) is 0. The third kappa shape index (κ3) is 4.15. The average Bonchev–Trinajstić information content (AvgIpc) is 3.35. The molecule has 148 valence electrons. The van der Waals surface area contributed by atoms with Crippen molar-refractivity contribution >= 4 is 5.91 Å². The highest BCUT2D eigenvalue weighted by molar-refractivity contribution is 5.96. The van der Waals surface area contributed by atoms with Gasteiger partial charge < -0.3 is 5.32 Å². The largest absolute Gasteiger partial charge is 0.416 e. The number of carbonyl (C=O) groups excluding carboxylic acids is 1. The number of hydrogen-bond donors (Lipinski definition) is 1. The summed E-state index contributed by atoms with van der Waals surface area (Å²) in [6, 6.07) is 4.06. The van der Waals surface area contributed by atoms with E-state index < -0.39 is 11.7 Å². The second-order valence-electron chi connectivity index (χ2n) is 8.25. The highest BCUT2D eigenvalue weighted by Crippen LogP contribution is 2.43. The van der Waals surface area contributed by atoms with Crippen molar-refractivity contribution in [3.05, 3.63) is 34.9 Å². The lowest BCUT2D eigenvalue weighted by molar-refractivity contribution is -0.137. The zero-order valence-electron chi connectivity index (χ0n) is 15.5. The Balaban J connectivity index is 1.53. The maximum atomic E-state index is 13.1. The van der Waals surface area contributed by atoms with E-state index in [-0.39, 0.29) is 17.9 Å². The van der Waals surface area contributed by atoms with Crippen LogP contribution in [0.4, 0.5) is 13.2 Å². The van der Waals surface area contributed by atoms with Crippen molar-refractivity contribution in [1.82, 2.24) is 10.2 Å². The molecule has 1 amide bonds. The summed E-state index contributed by atoms with van der Waals surface area (Å²) >= 11 is 0. The SMILES string of the molecule is O=C(N[C@@H]1CCCC[C@@H]1N1CCCC1)c1ccc(C(F)(F)F)cc1C1CC1. The molecule has 0 aromatic heterocycles. The van der Waals surface area contributed by atoms with Gasteiger partial charge in [0.1, 0.15) is 0 Å². The predicted molar refractivity (Wildman–Crippen MR) is 97.7 cm³/mol. The number of rotatable bonds is 4. The van der Waals surface area contributed by atoms with Crippen LogP contribution in [0.2, 0.25) is 0 Å². The molecule has 27 heavy (non-hydrogen) atoms. The smallest absolute Gasteiger partial charge is 0.348 e. The Morgan fingerprint density at radius 2 is 1.70 bits per heavy atom. The molecule has 1 saturated heterocycles. The Morgan fingerprint density at radius 3 is 2.37 bits per heavy atom. The number of halogens is 3. The molecule has 3 aliphatic rings. The summed E-state index contributed by atoms with van der Waals surface area (Å²) in [6.07, 6.45) is 4.09. The lowest BCUT2D eigenvalue weighted by Gasteiger charge is -2.38. The molecule has 2 saturated carbocycles. The summed E-state index contributed by atoms with van der Waals surface area (Å²) in [5.74, 6) is -0.115. The van der Waals surface area contributed by atoms with Crippen LogP contribution < -0.4 is 5.32 Å². The van der Waals surface area contributed by atoms with E-state index in [1.54, 1.807) is 0 Å². The molecule has 1 aliphatic heterocycles. The average molecular weight is 380 g/mol. The Morgan fingerprint density at radius 1 is 1.00 bits per heavy atom. The monoisotopic (exact) mass is 380 g/mol. The number of nitrogens with zero attached hydrogens (tertiary/aromatic N) is 1. The standard InChI is InChI=1S/C21H27F3N2O/c22-21(23,24)15-9-10-16(17(13-15)14-7-8-14)20(27)25-18-5-1-2-6-19(18)26-11-3-4-12-26/h9-10,13-14,18-19H,1-8,11-12H2,(H,25,27)/t18-,19+/m1/s1. The molecule has 6 heteroatoms. The Hall–Kier alpha value is -1.56. The van der Waals surface area contributed by atoms with Crippen molar-refractivity contribution in [3.8, 4) is 0 Å². The van der Waals surface area contributed by atoms with Gasteiger partial charge in [-0.05, 0) is 81.3 Å². The first-order valence-corrected chi connectivity index (χ1v) is 10.2. The van der Waals surface area contributed by atoms with Gasteiger partial charge in [-0.15, -0.1) is 0 Å². The first kappa shape index (κ1) is 18.8. The predicted octanol–water partition coefficient (Wildman–Crippen LogP) is 4.72. The van der Waals surface area contributed by atoms with Crippen molar-refractivity contribution in [2.24, 2.45) is 0 Å². The number of nitrogens with one attached hydrogen (secondary N) is 1. The minimum Gasteiger partial charge on any atom is -0.348 e. The van der Waals surface area contributed by atoms with Crippen LogP contribution in [0.3, 0.4) is 0 Å². The second-order valence-corrected chi connectivity index (χ2v) is 8.25. The molecule has 0 radical (unpaired) electrons. The third-order valence-corrected chi connectivity index (χ3v) is 6.30. The van der Waals surface area contributed by atoms with Crippen LogP contribution in [0.25, 0.3) is 0 Å². The van der Waals surface area contributed by atoms with Gasteiger partial charge in [-0.25, -0.2) is 0 Å². The number of amides is 1. The van der Waals surface area contributed by atoms with Crippen LogP contribution in [-0.2, 0) is 6.18 Å². The van der Waals surface area contributed by atoms with E-state index in [4.69, 9.17) is 0 Å². The topological polar surface area (TPSA) is 32.3 Å². The molecule has 3 nitrogen and oxygen atoms in total. The van der Waals surface area contributed by atoms with Crippen LogP contribution in [0, 0.1) is 0 Å². The minimum atomic E-state index is -4.37. The van der Waals surface area contributed by atoms with Crippen molar-refractivity contribution in [1.29, 1.82) is 0 Å². The van der Waals surface area contributed by atoms with Crippen molar-refractivity contribution in [3.63, 3.8) is 0 Å². The van der Waals surface area contributed by atoms with E-state index in [2.05, 4.69) is 10.2 Å². The van der Waals surface area contributed by atoms with Crippen molar-refractivity contribution < 1.29 is 18.0 Å². The van der Waals surface area contributed by atoms with Gasteiger partial charge in [0.2, 0.25) is 0 Å². The van der Waals surface area contributed by atoms with Gasteiger partial charge in [0.05, 0.1) is 5.56 Å². The fourth-order valence-electron chi connectivity index (χ4n) is 4.71. The van der Waals surface area contributed by atoms with Crippen LogP contribution in [0.1, 0.15) is 78.8 Å². The van der Waals surface area contributed by atoms with Gasteiger partial charge in [0.15, 0.2) is 0 Å². The van der Waals surface area contributed by atoms with Gasteiger partial charge in [-0.1, -0.05) is 12.8 Å². The second kappa shape index (κ2) is 7.46. The summed E-state index contributed by atoms with van der Waals surface area (Å²) < 4.78 is 39.2. The molecule has 1 aromatic carbocycles. The Labute approximate surface area is 158 Å². The van der Waals surface area contributed by atoms with Crippen molar-refractivity contribution in [2.75, 3.05) is 13.1 Å². The van der Waals surface area contributed by atoms with Crippen LogP contribution in [0.15, 0.2) is 18.2 Å². The zero-order chi connectivity index (χ0) is 19.0. The lowest BCUT2D eigenvalue weighted by atomic mass is 9.88. The summed E-state index contributed by atoms with van der Waals surface area (Å²) in [4.78, 5) is 15.5. The molecular weight excluding hydrogens is 353 g/mol. The Kier molecular flexibility index (Phi) is 5.19. The van der Waals surface area contributed by atoms with Gasteiger partial charge in [0.25, 0.3) is 5.91 Å². The van der Waals surface area contributed by atoms with Gasteiger partial charge in [-0.3, -0.25) is 9.69 Å².